The van der Waals surface area contributed by atoms with Crippen molar-refractivity contribution in [1.29, 1.82) is 0 Å². The second-order valence-electron chi connectivity index (χ2n) is 5.18. The SMILES string of the molecule is COCC(=O)NC[C@H]1CC[C@@H](Oc2ccc(Cl)cc2)[C@@H]1O. The molecule has 1 aromatic rings. The molecule has 2 rings (SSSR count). The molecule has 1 aliphatic carbocycles. The first-order valence-corrected chi connectivity index (χ1v) is 7.34. The molecule has 0 radical (unpaired) electrons. The van der Waals surface area contributed by atoms with Gasteiger partial charge in [0.1, 0.15) is 18.5 Å². The van der Waals surface area contributed by atoms with Gasteiger partial charge in [0.05, 0.1) is 6.10 Å². The molecule has 21 heavy (non-hydrogen) atoms. The van der Waals surface area contributed by atoms with E-state index in [1.165, 1.54) is 7.11 Å². The number of nitrogens with one attached hydrogen (secondary N) is 1. The average molecular weight is 314 g/mol. The van der Waals surface area contributed by atoms with E-state index in [0.29, 0.717) is 17.3 Å². The van der Waals surface area contributed by atoms with E-state index < -0.39 is 6.10 Å². The third-order valence-corrected chi connectivity index (χ3v) is 3.88. The molecule has 3 atom stereocenters. The molecule has 0 aliphatic heterocycles. The van der Waals surface area contributed by atoms with Crippen molar-refractivity contribution in [3.63, 3.8) is 0 Å². The summed E-state index contributed by atoms with van der Waals surface area (Å²) in [5, 5.41) is 13.7. The fourth-order valence-electron chi connectivity index (χ4n) is 2.49. The summed E-state index contributed by atoms with van der Waals surface area (Å²) in [6, 6.07) is 7.06. The van der Waals surface area contributed by atoms with Gasteiger partial charge < -0.3 is 19.9 Å². The van der Waals surface area contributed by atoms with Crippen LogP contribution >= 0.6 is 11.6 Å². The van der Waals surface area contributed by atoms with E-state index in [1.54, 1.807) is 24.3 Å². The van der Waals surface area contributed by atoms with Gasteiger partial charge in [0.15, 0.2) is 0 Å². The number of aliphatic hydroxyl groups excluding tert-OH is 1. The summed E-state index contributed by atoms with van der Waals surface area (Å²) < 4.78 is 10.5. The van der Waals surface area contributed by atoms with Gasteiger partial charge in [0.25, 0.3) is 0 Å². The Balaban J connectivity index is 1.82. The van der Waals surface area contributed by atoms with E-state index >= 15 is 0 Å². The number of methoxy groups -OCH3 is 1. The zero-order valence-corrected chi connectivity index (χ0v) is 12.7. The highest BCUT2D eigenvalue weighted by atomic mass is 35.5. The molecule has 0 spiro atoms. The van der Waals surface area contributed by atoms with Gasteiger partial charge in [-0.1, -0.05) is 11.6 Å². The second-order valence-corrected chi connectivity index (χ2v) is 5.61. The largest absolute Gasteiger partial charge is 0.488 e. The van der Waals surface area contributed by atoms with Crippen LogP contribution in [0.4, 0.5) is 0 Å². The monoisotopic (exact) mass is 313 g/mol. The Morgan fingerprint density at radius 1 is 1.38 bits per heavy atom. The van der Waals surface area contributed by atoms with Crippen LogP contribution in [-0.4, -0.2) is 43.5 Å². The molecule has 1 fully saturated rings. The Morgan fingerprint density at radius 2 is 2.10 bits per heavy atom. The summed E-state index contributed by atoms with van der Waals surface area (Å²) >= 11 is 5.82. The quantitative estimate of drug-likeness (QED) is 0.837. The van der Waals surface area contributed by atoms with Crippen molar-refractivity contribution in [2.75, 3.05) is 20.3 Å². The minimum Gasteiger partial charge on any atom is -0.488 e. The van der Waals surface area contributed by atoms with Crippen LogP contribution in [0.2, 0.25) is 5.02 Å². The van der Waals surface area contributed by atoms with Crippen LogP contribution in [-0.2, 0) is 9.53 Å². The Bertz CT molecular complexity index is 465. The molecule has 5 nitrogen and oxygen atoms in total. The summed E-state index contributed by atoms with van der Waals surface area (Å²) in [7, 11) is 1.47. The molecule has 0 heterocycles. The standard InChI is InChI=1S/C15H20ClNO4/c1-20-9-14(18)17-8-10-2-7-13(15(10)19)21-12-5-3-11(16)4-6-12/h3-6,10,13,15,19H,2,7-9H2,1H3,(H,17,18)/t10-,13-,15-/m1/s1. The van der Waals surface area contributed by atoms with Crippen molar-refractivity contribution in [3.05, 3.63) is 29.3 Å². The third-order valence-electron chi connectivity index (χ3n) is 3.62. The molecule has 2 N–H and O–H groups in total. The van der Waals surface area contributed by atoms with Crippen molar-refractivity contribution in [3.8, 4) is 5.75 Å². The van der Waals surface area contributed by atoms with Crippen LogP contribution in [0.1, 0.15) is 12.8 Å². The number of carbonyl (C=O) groups is 1. The van der Waals surface area contributed by atoms with Crippen molar-refractivity contribution in [2.45, 2.75) is 25.0 Å². The van der Waals surface area contributed by atoms with E-state index in [0.717, 1.165) is 12.8 Å². The number of ether oxygens (including phenoxy) is 2. The summed E-state index contributed by atoms with van der Waals surface area (Å²) in [5.41, 5.74) is 0. The Kier molecular flexibility index (Phi) is 5.85. The lowest BCUT2D eigenvalue weighted by molar-refractivity contribution is -0.125. The summed E-state index contributed by atoms with van der Waals surface area (Å²) in [4.78, 5) is 11.3. The molecule has 1 amide bonds. The molecule has 1 aliphatic rings. The van der Waals surface area contributed by atoms with Crippen LogP contribution in [0, 0.1) is 5.92 Å². The molecular weight excluding hydrogens is 294 g/mol. The van der Waals surface area contributed by atoms with Crippen molar-refractivity contribution < 1.29 is 19.4 Å². The van der Waals surface area contributed by atoms with E-state index in [4.69, 9.17) is 21.1 Å². The zero-order chi connectivity index (χ0) is 15.2. The highest BCUT2D eigenvalue weighted by Crippen LogP contribution is 2.29. The van der Waals surface area contributed by atoms with Crippen molar-refractivity contribution >= 4 is 17.5 Å². The van der Waals surface area contributed by atoms with Gasteiger partial charge >= 0.3 is 0 Å². The first-order chi connectivity index (χ1) is 10.1. The van der Waals surface area contributed by atoms with Crippen LogP contribution in [0.5, 0.6) is 5.75 Å². The number of benzene rings is 1. The normalized spacial score (nSPS) is 24.8. The van der Waals surface area contributed by atoms with Gasteiger partial charge in [-0.25, -0.2) is 0 Å². The van der Waals surface area contributed by atoms with E-state index in [-0.39, 0.29) is 24.5 Å². The van der Waals surface area contributed by atoms with Gasteiger partial charge in [0, 0.05) is 24.6 Å². The average Bonchev–Trinajstić information content (AvgIpc) is 2.80. The molecule has 0 bridgehead atoms. The number of rotatable bonds is 6. The minimum atomic E-state index is -0.594. The summed E-state index contributed by atoms with van der Waals surface area (Å²) in [6.45, 7) is 0.470. The lowest BCUT2D eigenvalue weighted by Crippen LogP contribution is -2.38. The topological polar surface area (TPSA) is 67.8 Å². The summed E-state index contributed by atoms with van der Waals surface area (Å²) in [6.07, 6.45) is 0.723. The molecule has 1 saturated carbocycles. The molecular formula is C15H20ClNO4. The number of amides is 1. The number of aliphatic hydroxyl groups is 1. The lowest BCUT2D eigenvalue weighted by atomic mass is 10.1. The van der Waals surface area contributed by atoms with E-state index in [9.17, 15) is 9.90 Å². The first-order valence-electron chi connectivity index (χ1n) is 6.96. The van der Waals surface area contributed by atoms with E-state index in [2.05, 4.69) is 5.32 Å². The zero-order valence-electron chi connectivity index (χ0n) is 11.9. The van der Waals surface area contributed by atoms with Gasteiger partial charge in [0.2, 0.25) is 5.91 Å². The number of halogens is 1. The molecule has 1 aromatic carbocycles. The predicted molar refractivity (Wildman–Crippen MR) is 79.5 cm³/mol. The van der Waals surface area contributed by atoms with Crippen LogP contribution in [0.25, 0.3) is 0 Å². The molecule has 0 unspecified atom stereocenters. The maximum Gasteiger partial charge on any atom is 0.245 e. The number of hydrogen-bond acceptors (Lipinski definition) is 4. The fourth-order valence-corrected chi connectivity index (χ4v) is 2.62. The first kappa shape index (κ1) is 16.1. The number of hydrogen-bond donors (Lipinski definition) is 2. The Morgan fingerprint density at radius 3 is 2.76 bits per heavy atom. The summed E-state index contributed by atoms with van der Waals surface area (Å²) in [5.74, 6) is 0.516. The van der Waals surface area contributed by atoms with Crippen molar-refractivity contribution in [2.24, 2.45) is 5.92 Å². The maximum absolute atomic E-state index is 11.3. The number of carbonyl (C=O) groups excluding carboxylic acids is 1. The molecule has 6 heteroatoms. The highest BCUT2D eigenvalue weighted by Gasteiger charge is 2.36. The predicted octanol–water partition coefficient (Wildman–Crippen LogP) is 1.62. The Hall–Kier alpha value is -1.30. The van der Waals surface area contributed by atoms with Gasteiger partial charge in [-0.3, -0.25) is 4.79 Å². The van der Waals surface area contributed by atoms with Crippen molar-refractivity contribution in [1.82, 2.24) is 5.32 Å². The van der Waals surface area contributed by atoms with E-state index in [1.807, 2.05) is 0 Å². The smallest absolute Gasteiger partial charge is 0.245 e. The highest BCUT2D eigenvalue weighted by molar-refractivity contribution is 6.30. The molecule has 0 aromatic heterocycles. The van der Waals surface area contributed by atoms with Crippen LogP contribution < -0.4 is 10.1 Å². The molecule has 0 saturated heterocycles. The van der Waals surface area contributed by atoms with Gasteiger partial charge in [-0.05, 0) is 37.1 Å². The maximum atomic E-state index is 11.3. The Labute approximate surface area is 129 Å². The molecule has 116 valence electrons. The lowest BCUT2D eigenvalue weighted by Gasteiger charge is -2.21. The second kappa shape index (κ2) is 7.64. The van der Waals surface area contributed by atoms with Gasteiger partial charge in [-0.2, -0.15) is 0 Å². The van der Waals surface area contributed by atoms with Gasteiger partial charge in [-0.15, -0.1) is 0 Å². The fraction of sp³-hybridized carbons (Fsp3) is 0.533. The minimum absolute atomic E-state index is 0.00288. The third kappa shape index (κ3) is 4.59. The van der Waals surface area contributed by atoms with Crippen LogP contribution in [0.15, 0.2) is 24.3 Å². The van der Waals surface area contributed by atoms with Crippen LogP contribution in [0.3, 0.4) is 0 Å².